The van der Waals surface area contributed by atoms with Gasteiger partial charge in [0.1, 0.15) is 0 Å². The minimum atomic E-state index is -0.662. The Labute approximate surface area is 247 Å². The molecule has 1 N–H and O–H groups in total. The number of allylic oxidation sites excluding steroid dienone is 2. The van der Waals surface area contributed by atoms with Crippen LogP contribution in [0, 0.1) is 57.7 Å². The fourth-order valence-electron chi connectivity index (χ4n) is 11.8. The maximum atomic E-state index is 14.3. The lowest BCUT2D eigenvalue weighted by molar-refractivity contribution is -0.166. The van der Waals surface area contributed by atoms with Gasteiger partial charge in [-0.1, -0.05) is 33.3 Å². The number of carbonyl (C=O) groups is 3. The van der Waals surface area contributed by atoms with E-state index in [9.17, 15) is 19.5 Å². The quantitative estimate of drug-likeness (QED) is 0.389. The van der Waals surface area contributed by atoms with Gasteiger partial charge in [-0.05, 0) is 137 Å². The molecule has 0 aromatic carbocycles. The van der Waals surface area contributed by atoms with E-state index in [1.807, 2.05) is 6.92 Å². The van der Waals surface area contributed by atoms with Gasteiger partial charge in [-0.2, -0.15) is 0 Å². The Balaban J connectivity index is 1.22. The van der Waals surface area contributed by atoms with Gasteiger partial charge in [-0.15, -0.1) is 0 Å². The molecule has 0 aromatic rings. The molecule has 10 unspecified atom stereocenters. The van der Waals surface area contributed by atoms with Crippen LogP contribution in [0.1, 0.15) is 105 Å². The van der Waals surface area contributed by atoms with Gasteiger partial charge in [0.25, 0.3) is 0 Å². The largest absolute Gasteiger partial charge is 0.481 e. The molecule has 5 aliphatic carbocycles. The Bertz CT molecular complexity index is 1110. The summed E-state index contributed by atoms with van der Waals surface area (Å²) in [4.78, 5) is 41.3. The van der Waals surface area contributed by atoms with Crippen LogP contribution < -0.4 is 0 Å². The molecule has 6 rings (SSSR count). The predicted octanol–water partition coefficient (Wildman–Crippen LogP) is 6.53. The number of nitrogens with zero attached hydrogens (tertiary/aromatic N) is 1. The third kappa shape index (κ3) is 4.55. The van der Waals surface area contributed by atoms with Gasteiger partial charge in [0, 0.05) is 12.0 Å². The van der Waals surface area contributed by atoms with Gasteiger partial charge in [0.05, 0.1) is 18.4 Å². The van der Waals surface area contributed by atoms with E-state index < -0.39 is 5.97 Å². The number of rotatable bonds is 4. The Morgan fingerprint density at radius 2 is 1.61 bits per heavy atom. The first-order chi connectivity index (χ1) is 19.4. The van der Waals surface area contributed by atoms with Crippen molar-refractivity contribution in [3.05, 3.63) is 11.6 Å². The molecule has 0 radical (unpaired) electrons. The number of carboxylic acid groups (broad SMARTS) is 1. The second-order valence-corrected chi connectivity index (χ2v) is 15.8. The number of likely N-dealkylation sites (tertiary alicyclic amines) is 1. The van der Waals surface area contributed by atoms with E-state index >= 15 is 0 Å². The molecule has 1 saturated heterocycles. The van der Waals surface area contributed by atoms with Gasteiger partial charge >= 0.3 is 11.9 Å². The zero-order chi connectivity index (χ0) is 29.3. The highest BCUT2D eigenvalue weighted by Crippen LogP contribution is 2.69. The molecule has 6 heteroatoms. The summed E-state index contributed by atoms with van der Waals surface area (Å²) in [5.74, 6) is 1.17. The standard InChI is InChI=1S/C35H53NO5/c1-6-41-32(40)22-11-17-36(18-12-22)28-10-16-34(4)25(21(28)2)9-15-35(5)26-8-14-33(3)13-7-23(31(38)39)19-27(33)24(26)20-29(37)30(34)35/h20-23,25-28,30H,6-19H2,1-5H3,(H,38,39). The third-order valence-corrected chi connectivity index (χ3v) is 14.0. The van der Waals surface area contributed by atoms with E-state index in [-0.39, 0.29) is 45.9 Å². The van der Waals surface area contributed by atoms with Crippen LogP contribution in [-0.2, 0) is 19.1 Å². The first-order valence-corrected chi connectivity index (χ1v) is 16.8. The lowest BCUT2D eigenvalue weighted by Gasteiger charge is -2.66. The Hall–Kier alpha value is -1.69. The summed E-state index contributed by atoms with van der Waals surface area (Å²) >= 11 is 0. The summed E-state index contributed by atoms with van der Waals surface area (Å²) in [6.45, 7) is 14.0. The molecular weight excluding hydrogens is 514 g/mol. The van der Waals surface area contributed by atoms with E-state index in [0.29, 0.717) is 42.6 Å². The average Bonchev–Trinajstić information content (AvgIpc) is 2.92. The number of fused-ring (bicyclic) bond motifs is 7. The number of hydrogen-bond acceptors (Lipinski definition) is 5. The highest BCUT2D eigenvalue weighted by Gasteiger charge is 2.65. The van der Waals surface area contributed by atoms with Gasteiger partial charge < -0.3 is 14.7 Å². The Morgan fingerprint density at radius 3 is 2.29 bits per heavy atom. The molecule has 10 atom stereocenters. The van der Waals surface area contributed by atoms with E-state index in [1.165, 1.54) is 12.0 Å². The summed E-state index contributed by atoms with van der Waals surface area (Å²) < 4.78 is 5.30. The normalized spacial score (nSPS) is 46.8. The van der Waals surface area contributed by atoms with Crippen molar-refractivity contribution in [3.63, 3.8) is 0 Å². The maximum Gasteiger partial charge on any atom is 0.309 e. The van der Waals surface area contributed by atoms with Crippen molar-refractivity contribution < 1.29 is 24.2 Å². The minimum Gasteiger partial charge on any atom is -0.481 e. The number of ketones is 1. The smallest absolute Gasteiger partial charge is 0.309 e. The summed E-state index contributed by atoms with van der Waals surface area (Å²) in [6.07, 6.45) is 13.1. The van der Waals surface area contributed by atoms with Gasteiger partial charge in [-0.25, -0.2) is 0 Å². The maximum absolute atomic E-state index is 14.3. The number of ether oxygens (including phenoxy) is 1. The van der Waals surface area contributed by atoms with Crippen LogP contribution in [0.4, 0.5) is 0 Å². The van der Waals surface area contributed by atoms with Crippen LogP contribution in [0.25, 0.3) is 0 Å². The van der Waals surface area contributed by atoms with E-state index in [1.54, 1.807) is 0 Å². The molecule has 0 spiro atoms. The lowest BCUT2D eigenvalue weighted by atomic mass is 9.38. The molecule has 4 saturated carbocycles. The molecule has 5 fully saturated rings. The highest BCUT2D eigenvalue weighted by atomic mass is 16.5. The van der Waals surface area contributed by atoms with E-state index in [2.05, 4.69) is 38.7 Å². The van der Waals surface area contributed by atoms with Crippen LogP contribution >= 0.6 is 0 Å². The number of esters is 1. The first-order valence-electron chi connectivity index (χ1n) is 16.8. The molecule has 0 amide bonds. The molecule has 41 heavy (non-hydrogen) atoms. The number of carboxylic acids is 1. The zero-order valence-corrected chi connectivity index (χ0v) is 26.1. The highest BCUT2D eigenvalue weighted by molar-refractivity contribution is 5.95. The molecule has 1 heterocycles. The van der Waals surface area contributed by atoms with Crippen molar-refractivity contribution in [2.75, 3.05) is 19.7 Å². The summed E-state index contributed by atoms with van der Waals surface area (Å²) in [7, 11) is 0. The van der Waals surface area contributed by atoms with Gasteiger partial charge in [0.15, 0.2) is 5.78 Å². The lowest BCUT2D eigenvalue weighted by Crippen LogP contribution is -2.63. The molecule has 228 valence electrons. The van der Waals surface area contributed by atoms with Crippen molar-refractivity contribution in [2.45, 2.75) is 111 Å². The third-order valence-electron chi connectivity index (χ3n) is 14.0. The zero-order valence-electron chi connectivity index (χ0n) is 26.1. The van der Waals surface area contributed by atoms with Crippen molar-refractivity contribution in [2.24, 2.45) is 57.7 Å². The summed E-state index contributed by atoms with van der Waals surface area (Å²) in [6, 6.07) is 0.524. The number of hydrogen-bond donors (Lipinski definition) is 1. The van der Waals surface area contributed by atoms with Crippen LogP contribution in [0.5, 0.6) is 0 Å². The molecule has 1 aliphatic heterocycles. The number of carbonyl (C=O) groups excluding carboxylic acids is 2. The molecule has 0 aromatic heterocycles. The van der Waals surface area contributed by atoms with E-state index in [0.717, 1.165) is 70.9 Å². The minimum absolute atomic E-state index is 0.00218. The van der Waals surface area contributed by atoms with E-state index in [4.69, 9.17) is 4.74 Å². The summed E-state index contributed by atoms with van der Waals surface area (Å²) in [5.41, 5.74) is 1.42. The van der Waals surface area contributed by atoms with Crippen LogP contribution in [0.15, 0.2) is 11.6 Å². The second kappa shape index (κ2) is 10.5. The fraction of sp³-hybridized carbons (Fsp3) is 0.857. The van der Waals surface area contributed by atoms with Crippen molar-refractivity contribution in [1.82, 2.24) is 4.90 Å². The van der Waals surface area contributed by atoms with Gasteiger partial charge in [0.2, 0.25) is 0 Å². The Kier molecular flexibility index (Phi) is 7.52. The first kappa shape index (κ1) is 29.4. The monoisotopic (exact) mass is 567 g/mol. The molecular formula is C35H53NO5. The average molecular weight is 568 g/mol. The van der Waals surface area contributed by atoms with Gasteiger partial charge in [-0.3, -0.25) is 14.4 Å². The second-order valence-electron chi connectivity index (χ2n) is 15.8. The molecule has 0 bridgehead atoms. The number of aliphatic carboxylic acids is 1. The summed E-state index contributed by atoms with van der Waals surface area (Å²) in [5, 5.41) is 9.85. The molecule has 6 nitrogen and oxygen atoms in total. The molecule has 6 aliphatic rings. The van der Waals surface area contributed by atoms with Crippen LogP contribution in [-0.4, -0.2) is 53.5 Å². The fourth-order valence-corrected chi connectivity index (χ4v) is 11.8. The van der Waals surface area contributed by atoms with Crippen LogP contribution in [0.3, 0.4) is 0 Å². The van der Waals surface area contributed by atoms with Crippen molar-refractivity contribution in [3.8, 4) is 0 Å². The number of piperidine rings is 1. The van der Waals surface area contributed by atoms with Crippen LogP contribution in [0.2, 0.25) is 0 Å². The Morgan fingerprint density at radius 1 is 0.927 bits per heavy atom. The van der Waals surface area contributed by atoms with Crippen molar-refractivity contribution >= 4 is 17.7 Å². The van der Waals surface area contributed by atoms with Crippen molar-refractivity contribution in [1.29, 1.82) is 0 Å². The SMILES string of the molecule is CCOC(=O)C1CCN(C2CCC3(C)C(CCC4(C)C5CCC6(C)CCC(C(=O)O)CC6C5=CC(=O)C43)C2C)CC1. The predicted molar refractivity (Wildman–Crippen MR) is 158 cm³/mol. The topological polar surface area (TPSA) is 83.9 Å².